The zero-order chi connectivity index (χ0) is 42.9. The van der Waals surface area contributed by atoms with Gasteiger partial charge in [0.15, 0.2) is 5.11 Å². The lowest BCUT2D eigenvalue weighted by Crippen LogP contribution is -2.60. The van der Waals surface area contributed by atoms with E-state index in [1.807, 2.05) is 0 Å². The molecule has 13 nitrogen and oxygen atoms in total. The molecule has 0 bridgehead atoms. The minimum absolute atomic E-state index is 0. The fourth-order valence-electron chi connectivity index (χ4n) is 8.35. The third kappa shape index (κ3) is 10.4. The first-order valence-electron chi connectivity index (χ1n) is 19.3. The maximum absolute atomic E-state index is 14.2. The molecule has 3 aliphatic heterocycles. The highest BCUT2D eigenvalue weighted by atomic mass is 35.5. The minimum Gasteiger partial charge on any atom is -0.378 e. The van der Waals surface area contributed by atoms with Crippen molar-refractivity contribution in [2.24, 2.45) is 0 Å². The average molecular weight is 887 g/mol. The van der Waals surface area contributed by atoms with Crippen molar-refractivity contribution < 1.29 is 50.3 Å². The molecule has 326 valence electrons. The van der Waals surface area contributed by atoms with Crippen LogP contribution < -0.4 is 15.5 Å². The molecule has 0 spiro atoms. The zero-order valence-electron chi connectivity index (χ0n) is 32.8. The number of piperazine rings is 1. The number of thiocarbonyl (C=S) groups is 1. The summed E-state index contributed by atoms with van der Waals surface area (Å²) in [4.78, 5) is 60.0. The molecule has 2 aromatic rings. The number of alkyl halides is 6. The number of nitrogens with one attached hydrogen (secondary N) is 2. The summed E-state index contributed by atoms with van der Waals surface area (Å²) < 4.78 is 90.0. The van der Waals surface area contributed by atoms with E-state index < -0.39 is 65.2 Å². The molecule has 1 aromatic carbocycles. The van der Waals surface area contributed by atoms with Crippen molar-refractivity contribution in [3.8, 4) is 6.07 Å². The predicted octanol–water partition coefficient (Wildman–Crippen LogP) is 5.53. The third-order valence-corrected chi connectivity index (χ3v) is 11.8. The second-order valence-corrected chi connectivity index (χ2v) is 16.1. The van der Waals surface area contributed by atoms with E-state index in [0.717, 1.165) is 21.9 Å². The van der Waals surface area contributed by atoms with Gasteiger partial charge in [0, 0.05) is 51.4 Å². The Morgan fingerprint density at radius 3 is 2.42 bits per heavy atom. The molecule has 21 heteroatoms. The molecule has 4 heterocycles. The van der Waals surface area contributed by atoms with Crippen LogP contribution in [-0.4, -0.2) is 118 Å². The van der Waals surface area contributed by atoms with Gasteiger partial charge in [-0.25, -0.2) is 4.98 Å². The van der Waals surface area contributed by atoms with Gasteiger partial charge in [0.2, 0.25) is 17.7 Å². The molecule has 4 fully saturated rings. The van der Waals surface area contributed by atoms with Gasteiger partial charge in [0.25, 0.3) is 5.91 Å². The number of nitriles is 1. The largest absolute Gasteiger partial charge is 0.417 e. The molecule has 2 N–H and O–H groups in total. The molecular weight excluding hydrogens is 842 g/mol. The lowest BCUT2D eigenvalue weighted by Gasteiger charge is -2.42. The Morgan fingerprint density at radius 1 is 1.05 bits per heavy atom. The number of benzene rings is 1. The molecule has 60 heavy (non-hydrogen) atoms. The molecule has 6 rings (SSSR count). The molecule has 1 saturated carbocycles. The Kier molecular flexibility index (Phi) is 14.5. The van der Waals surface area contributed by atoms with E-state index in [0.29, 0.717) is 57.4 Å². The van der Waals surface area contributed by atoms with E-state index in [1.54, 1.807) is 29.7 Å². The van der Waals surface area contributed by atoms with Crippen LogP contribution in [0.15, 0.2) is 36.5 Å². The lowest BCUT2D eigenvalue weighted by atomic mass is 9.89. The van der Waals surface area contributed by atoms with Crippen LogP contribution in [0.1, 0.15) is 81.4 Å². The summed E-state index contributed by atoms with van der Waals surface area (Å²) in [5.41, 5.74) is -2.41. The number of amides is 4. The highest BCUT2D eigenvalue weighted by Gasteiger charge is 2.53. The van der Waals surface area contributed by atoms with Crippen molar-refractivity contribution in [2.75, 3.05) is 49.5 Å². The van der Waals surface area contributed by atoms with Crippen molar-refractivity contribution >= 4 is 64.9 Å². The Balaban J connectivity index is 0.00000683. The fourth-order valence-corrected chi connectivity index (χ4v) is 8.92. The van der Waals surface area contributed by atoms with Crippen molar-refractivity contribution in [3.63, 3.8) is 0 Å². The van der Waals surface area contributed by atoms with Crippen LogP contribution in [0, 0.1) is 11.3 Å². The van der Waals surface area contributed by atoms with Crippen LogP contribution in [-0.2, 0) is 30.1 Å². The van der Waals surface area contributed by atoms with Crippen molar-refractivity contribution in [2.45, 2.75) is 101 Å². The van der Waals surface area contributed by atoms with Crippen LogP contribution in [0.4, 0.5) is 37.8 Å². The normalized spacial score (nSPS) is 24.2. The average Bonchev–Trinajstić information content (AvgIpc) is 3.34. The standard InChI is InChI=1S/C39H44F6N8O5S.ClH/c1-37(2)35(57)52(26-5-4-24(20-46)29(19-26)38(40,41)42)36(59)53(37)25-6-8-27(9-7-25)58-17-3-14-50-15-16-51(30(21-50)39(43,44)45)22-33(55)48-31-18-23(12-13-47-31)28-10-11-32(54)49-34(28)56;/h4-5,12-13,18-19,25,27-28,30H,3,6-11,14-17,21-22H2,1-2H3,(H,47,48,55)(H,49,54,56);1H. The van der Waals surface area contributed by atoms with Crippen LogP contribution >= 0.6 is 24.6 Å². The Bertz CT molecular complexity index is 2010. The predicted molar refractivity (Wildman–Crippen MR) is 212 cm³/mol. The smallest absolute Gasteiger partial charge is 0.378 e. The van der Waals surface area contributed by atoms with Gasteiger partial charge in [0.05, 0.1) is 41.5 Å². The van der Waals surface area contributed by atoms with E-state index in [1.165, 1.54) is 24.4 Å². The first kappa shape index (κ1) is 46.6. The third-order valence-electron chi connectivity index (χ3n) is 11.4. The monoisotopic (exact) mass is 886 g/mol. The Labute approximate surface area is 354 Å². The van der Waals surface area contributed by atoms with Gasteiger partial charge in [-0.2, -0.15) is 31.6 Å². The molecule has 4 aliphatic rings. The van der Waals surface area contributed by atoms with Crippen LogP contribution in [0.25, 0.3) is 0 Å². The van der Waals surface area contributed by atoms with Crippen LogP contribution in [0.5, 0.6) is 0 Å². The number of pyridine rings is 1. The zero-order valence-corrected chi connectivity index (χ0v) is 34.4. The second kappa shape index (κ2) is 18.7. The molecule has 4 amide bonds. The molecule has 0 radical (unpaired) electrons. The highest BCUT2D eigenvalue weighted by Crippen LogP contribution is 2.41. The van der Waals surface area contributed by atoms with Crippen molar-refractivity contribution in [1.29, 1.82) is 5.26 Å². The number of nitrogens with zero attached hydrogens (tertiary/aromatic N) is 6. The first-order valence-corrected chi connectivity index (χ1v) is 19.7. The number of carbonyl (C=O) groups is 4. The molecular formula is C39H45ClF6N8O5S. The summed E-state index contributed by atoms with van der Waals surface area (Å²) in [6.45, 7) is 3.44. The van der Waals surface area contributed by atoms with E-state index >= 15 is 0 Å². The van der Waals surface area contributed by atoms with Gasteiger partial charge in [-0.1, -0.05) is 0 Å². The SMILES string of the molecule is CC1(C)C(=O)N(c2ccc(C#N)c(C(F)(F)F)c2)C(=S)N1C1CCC(OCCCN2CCN(CC(=O)Nc3cc(C4CCC(=O)NC4=O)ccn3)C(C(F)(F)F)C2)CC1.Cl. The van der Waals surface area contributed by atoms with E-state index in [2.05, 4.69) is 15.6 Å². The van der Waals surface area contributed by atoms with Gasteiger partial charge in [0.1, 0.15) is 17.4 Å². The number of piperidine rings is 1. The number of aromatic nitrogens is 1. The number of hydrogen-bond acceptors (Lipinski definition) is 10. The summed E-state index contributed by atoms with van der Waals surface area (Å²) >= 11 is 5.68. The van der Waals surface area contributed by atoms with Gasteiger partial charge in [-0.15, -0.1) is 12.4 Å². The molecule has 2 unspecified atom stereocenters. The summed E-state index contributed by atoms with van der Waals surface area (Å²) in [5.74, 6) is -2.54. The summed E-state index contributed by atoms with van der Waals surface area (Å²) in [7, 11) is 0. The number of hydrogen-bond donors (Lipinski definition) is 2. The number of ether oxygens (including phenoxy) is 1. The number of anilines is 2. The topological polar surface area (TPSA) is 151 Å². The van der Waals surface area contributed by atoms with Gasteiger partial charge >= 0.3 is 12.4 Å². The van der Waals surface area contributed by atoms with E-state index in [-0.39, 0.29) is 73.0 Å². The van der Waals surface area contributed by atoms with E-state index in [9.17, 15) is 50.8 Å². The van der Waals surface area contributed by atoms with Gasteiger partial charge < -0.3 is 19.9 Å². The summed E-state index contributed by atoms with van der Waals surface area (Å²) in [5, 5.41) is 14.1. The van der Waals surface area contributed by atoms with Gasteiger partial charge in [-0.3, -0.25) is 34.3 Å². The highest BCUT2D eigenvalue weighted by molar-refractivity contribution is 7.80. The van der Waals surface area contributed by atoms with Crippen molar-refractivity contribution in [3.05, 3.63) is 53.2 Å². The lowest BCUT2D eigenvalue weighted by molar-refractivity contribution is -0.197. The minimum atomic E-state index is -4.81. The Morgan fingerprint density at radius 2 is 1.77 bits per heavy atom. The maximum atomic E-state index is 14.2. The molecule has 3 saturated heterocycles. The first-order chi connectivity index (χ1) is 27.8. The second-order valence-electron chi connectivity index (χ2n) is 15.7. The van der Waals surface area contributed by atoms with Crippen LogP contribution in [0.2, 0.25) is 0 Å². The number of carbonyl (C=O) groups excluding carboxylic acids is 4. The quantitative estimate of drug-likeness (QED) is 0.127. The molecule has 1 aromatic heterocycles. The van der Waals surface area contributed by atoms with E-state index in [4.69, 9.17) is 17.0 Å². The molecule has 2 atom stereocenters. The fraction of sp³-hybridized carbons (Fsp3) is 0.564. The number of halogens is 7. The summed E-state index contributed by atoms with van der Waals surface area (Å²) in [6.07, 6.45) is -4.86. The Hall–Kier alpha value is -4.42. The molecule has 1 aliphatic carbocycles. The number of imide groups is 1. The van der Waals surface area contributed by atoms with Gasteiger partial charge in [-0.05, 0) is 100 Å². The summed E-state index contributed by atoms with van der Waals surface area (Å²) in [6, 6.07) is 5.59. The van der Waals surface area contributed by atoms with Crippen LogP contribution in [0.3, 0.4) is 0 Å². The van der Waals surface area contributed by atoms with Crippen molar-refractivity contribution in [1.82, 2.24) is 25.0 Å². The number of rotatable bonds is 11. The maximum Gasteiger partial charge on any atom is 0.417 e.